The van der Waals surface area contributed by atoms with Crippen molar-refractivity contribution in [1.82, 2.24) is 5.32 Å². The van der Waals surface area contributed by atoms with E-state index in [2.05, 4.69) is 28.2 Å². The molecule has 1 aromatic carbocycles. The van der Waals surface area contributed by atoms with Gasteiger partial charge in [-0.15, -0.1) is 0 Å². The highest BCUT2D eigenvalue weighted by molar-refractivity contribution is 9.09. The van der Waals surface area contributed by atoms with E-state index in [1.165, 1.54) is 5.56 Å². The number of ether oxygens (including phenoxy) is 1. The Morgan fingerprint density at radius 1 is 1.39 bits per heavy atom. The number of methoxy groups -OCH3 is 1. The predicted octanol–water partition coefficient (Wildman–Crippen LogP) is 2.78. The number of alkyl halides is 1. The molecule has 1 N–H and O–H groups in total. The van der Waals surface area contributed by atoms with Gasteiger partial charge in [-0.05, 0) is 30.5 Å². The van der Waals surface area contributed by atoms with Crippen molar-refractivity contribution in [3.8, 4) is 0 Å². The first-order valence-electron chi connectivity index (χ1n) is 6.17. The molecule has 3 nitrogen and oxygen atoms in total. The van der Waals surface area contributed by atoms with Crippen LogP contribution in [0.25, 0.3) is 0 Å². The zero-order chi connectivity index (χ0) is 13.4. The van der Waals surface area contributed by atoms with Crippen molar-refractivity contribution in [3.63, 3.8) is 0 Å². The molecule has 0 spiro atoms. The van der Waals surface area contributed by atoms with Gasteiger partial charge in [0.15, 0.2) is 0 Å². The molecule has 100 valence electrons. The molecule has 0 saturated heterocycles. The monoisotopic (exact) mass is 313 g/mol. The fourth-order valence-corrected chi connectivity index (χ4v) is 2.09. The SMILES string of the molecule is CCc1ccc(C(=O)NCCC(Br)COC)cc1. The Morgan fingerprint density at radius 2 is 2.06 bits per heavy atom. The maximum Gasteiger partial charge on any atom is 0.251 e. The van der Waals surface area contributed by atoms with Crippen LogP contribution in [0.4, 0.5) is 0 Å². The third-order valence-electron chi connectivity index (χ3n) is 2.72. The molecule has 4 heteroatoms. The summed E-state index contributed by atoms with van der Waals surface area (Å²) in [5.41, 5.74) is 1.96. The molecule has 0 saturated carbocycles. The van der Waals surface area contributed by atoms with Crippen molar-refractivity contribution >= 4 is 21.8 Å². The normalized spacial score (nSPS) is 12.2. The average Bonchev–Trinajstić information content (AvgIpc) is 2.39. The van der Waals surface area contributed by atoms with Crippen LogP contribution in [0.1, 0.15) is 29.3 Å². The highest BCUT2D eigenvalue weighted by Crippen LogP contribution is 2.06. The number of rotatable bonds is 7. The molecule has 0 fully saturated rings. The number of carbonyl (C=O) groups is 1. The Hall–Kier alpha value is -0.870. The largest absolute Gasteiger partial charge is 0.384 e. The van der Waals surface area contributed by atoms with Crippen LogP contribution in [0.3, 0.4) is 0 Å². The zero-order valence-corrected chi connectivity index (χ0v) is 12.5. The first-order valence-corrected chi connectivity index (χ1v) is 7.09. The summed E-state index contributed by atoms with van der Waals surface area (Å²) in [6.07, 6.45) is 1.84. The van der Waals surface area contributed by atoms with E-state index in [4.69, 9.17) is 4.74 Å². The quantitative estimate of drug-likeness (QED) is 0.786. The lowest BCUT2D eigenvalue weighted by molar-refractivity contribution is 0.0952. The van der Waals surface area contributed by atoms with Crippen molar-refractivity contribution in [2.45, 2.75) is 24.6 Å². The van der Waals surface area contributed by atoms with Crippen molar-refractivity contribution < 1.29 is 9.53 Å². The van der Waals surface area contributed by atoms with Crippen molar-refractivity contribution in [2.24, 2.45) is 0 Å². The summed E-state index contributed by atoms with van der Waals surface area (Å²) in [7, 11) is 1.67. The minimum atomic E-state index is -0.0187. The van der Waals surface area contributed by atoms with Gasteiger partial charge in [0.1, 0.15) is 0 Å². The molecular formula is C14H20BrNO2. The van der Waals surface area contributed by atoms with E-state index >= 15 is 0 Å². The molecule has 1 unspecified atom stereocenters. The summed E-state index contributed by atoms with van der Waals surface area (Å²) in [5.74, 6) is -0.0187. The number of nitrogens with one attached hydrogen (secondary N) is 1. The number of hydrogen-bond donors (Lipinski definition) is 1. The molecule has 0 radical (unpaired) electrons. The standard InChI is InChI=1S/C14H20BrNO2/c1-3-11-4-6-12(7-5-11)14(17)16-9-8-13(15)10-18-2/h4-7,13H,3,8-10H2,1-2H3,(H,16,17). The molecule has 1 aromatic rings. The second-order valence-corrected chi connectivity index (χ2v) is 5.44. The van der Waals surface area contributed by atoms with E-state index < -0.39 is 0 Å². The molecule has 0 aliphatic carbocycles. The van der Waals surface area contributed by atoms with Crippen LogP contribution in [0, 0.1) is 0 Å². The molecule has 0 aromatic heterocycles. The Kier molecular flexibility index (Phi) is 6.98. The Bertz CT molecular complexity index is 365. The van der Waals surface area contributed by atoms with Crippen LogP contribution >= 0.6 is 15.9 Å². The van der Waals surface area contributed by atoms with Gasteiger partial charge in [-0.2, -0.15) is 0 Å². The van der Waals surface area contributed by atoms with E-state index in [9.17, 15) is 4.79 Å². The summed E-state index contributed by atoms with van der Waals surface area (Å²) < 4.78 is 5.01. The van der Waals surface area contributed by atoms with Gasteiger partial charge in [-0.1, -0.05) is 35.0 Å². The summed E-state index contributed by atoms with van der Waals surface area (Å²) >= 11 is 3.49. The van der Waals surface area contributed by atoms with E-state index in [0.717, 1.165) is 12.8 Å². The molecule has 0 heterocycles. The molecule has 1 amide bonds. The second kappa shape index (κ2) is 8.27. The van der Waals surface area contributed by atoms with E-state index in [1.807, 2.05) is 24.3 Å². The lowest BCUT2D eigenvalue weighted by Gasteiger charge is -2.09. The van der Waals surface area contributed by atoms with Crippen LogP contribution in [0.15, 0.2) is 24.3 Å². The Morgan fingerprint density at radius 3 is 2.61 bits per heavy atom. The lowest BCUT2D eigenvalue weighted by atomic mass is 10.1. The summed E-state index contributed by atoms with van der Waals surface area (Å²) in [6.45, 7) is 3.40. The van der Waals surface area contributed by atoms with Crippen LogP contribution in [0.2, 0.25) is 0 Å². The fourth-order valence-electron chi connectivity index (χ4n) is 1.60. The third kappa shape index (κ3) is 5.19. The van der Waals surface area contributed by atoms with Crippen LogP contribution in [-0.4, -0.2) is 31.0 Å². The lowest BCUT2D eigenvalue weighted by Crippen LogP contribution is -2.26. The smallest absolute Gasteiger partial charge is 0.251 e. The van der Waals surface area contributed by atoms with Gasteiger partial charge >= 0.3 is 0 Å². The molecule has 1 rings (SSSR count). The molecule has 0 aliphatic heterocycles. The predicted molar refractivity (Wildman–Crippen MR) is 77.4 cm³/mol. The van der Waals surface area contributed by atoms with Gasteiger partial charge in [0.2, 0.25) is 0 Å². The number of halogens is 1. The molecular weight excluding hydrogens is 294 g/mol. The van der Waals surface area contributed by atoms with E-state index in [-0.39, 0.29) is 10.7 Å². The maximum atomic E-state index is 11.8. The second-order valence-electron chi connectivity index (χ2n) is 4.15. The minimum absolute atomic E-state index is 0.0187. The highest BCUT2D eigenvalue weighted by atomic mass is 79.9. The summed E-state index contributed by atoms with van der Waals surface area (Å²) in [6, 6.07) is 7.73. The number of aryl methyl sites for hydroxylation is 1. The minimum Gasteiger partial charge on any atom is -0.384 e. The number of benzene rings is 1. The van der Waals surface area contributed by atoms with Crippen molar-refractivity contribution in [2.75, 3.05) is 20.3 Å². The first kappa shape index (κ1) is 15.2. The Labute approximate surface area is 117 Å². The van der Waals surface area contributed by atoms with Crippen LogP contribution in [-0.2, 0) is 11.2 Å². The Balaban J connectivity index is 2.35. The fraction of sp³-hybridized carbons (Fsp3) is 0.500. The van der Waals surface area contributed by atoms with Gasteiger partial charge < -0.3 is 10.1 Å². The first-order chi connectivity index (χ1) is 8.67. The van der Waals surface area contributed by atoms with Crippen molar-refractivity contribution in [1.29, 1.82) is 0 Å². The maximum absolute atomic E-state index is 11.8. The topological polar surface area (TPSA) is 38.3 Å². The zero-order valence-electron chi connectivity index (χ0n) is 10.9. The number of carbonyl (C=O) groups excluding carboxylic acids is 1. The number of amides is 1. The molecule has 1 atom stereocenters. The van der Waals surface area contributed by atoms with Gasteiger partial charge in [0.05, 0.1) is 6.61 Å². The van der Waals surface area contributed by atoms with Crippen LogP contribution in [0.5, 0.6) is 0 Å². The molecule has 18 heavy (non-hydrogen) atoms. The highest BCUT2D eigenvalue weighted by Gasteiger charge is 2.07. The number of hydrogen-bond acceptors (Lipinski definition) is 2. The van der Waals surface area contributed by atoms with Gasteiger partial charge in [-0.3, -0.25) is 4.79 Å². The molecule has 0 bridgehead atoms. The van der Waals surface area contributed by atoms with Crippen LogP contribution < -0.4 is 5.32 Å². The van der Waals surface area contributed by atoms with Gasteiger partial charge in [0, 0.05) is 24.0 Å². The van der Waals surface area contributed by atoms with Gasteiger partial charge in [0.25, 0.3) is 5.91 Å². The summed E-state index contributed by atoms with van der Waals surface area (Å²) in [5, 5.41) is 2.90. The average molecular weight is 314 g/mol. The van der Waals surface area contributed by atoms with E-state index in [1.54, 1.807) is 7.11 Å². The van der Waals surface area contributed by atoms with E-state index in [0.29, 0.717) is 18.7 Å². The van der Waals surface area contributed by atoms with Crippen molar-refractivity contribution in [3.05, 3.63) is 35.4 Å². The molecule has 0 aliphatic rings. The summed E-state index contributed by atoms with van der Waals surface area (Å²) in [4.78, 5) is 12.1. The van der Waals surface area contributed by atoms with Gasteiger partial charge in [-0.25, -0.2) is 0 Å². The third-order valence-corrected chi connectivity index (χ3v) is 3.44.